The molecular weight excluding hydrogens is 266 g/mol. The number of hydrogen-bond donors (Lipinski definition) is 0. The third-order valence-corrected chi connectivity index (χ3v) is 4.14. The number of hydrogen-bond acceptors (Lipinski definition) is 2. The largest absolute Gasteiger partial charge is 0.340 e. The van der Waals surface area contributed by atoms with Gasteiger partial charge in [0.05, 0.1) is 5.25 Å². The molecule has 0 aromatic heterocycles. The van der Waals surface area contributed by atoms with Crippen LogP contribution in [0.4, 0.5) is 0 Å². The number of benzene rings is 2. The SMILES string of the molecule is CC(Sc1ccccc1)C(=O)N(C)Cc1ccccc1. The predicted molar refractivity (Wildman–Crippen MR) is 84.7 cm³/mol. The third kappa shape index (κ3) is 4.14. The maximum atomic E-state index is 12.4. The van der Waals surface area contributed by atoms with Gasteiger partial charge >= 0.3 is 0 Å². The second kappa shape index (κ2) is 7.15. The van der Waals surface area contributed by atoms with E-state index in [9.17, 15) is 4.79 Å². The molecule has 20 heavy (non-hydrogen) atoms. The average Bonchev–Trinajstić information content (AvgIpc) is 2.48. The molecular formula is C17H19NOS. The molecule has 0 aliphatic heterocycles. The summed E-state index contributed by atoms with van der Waals surface area (Å²) in [5.41, 5.74) is 1.15. The first-order valence-electron chi connectivity index (χ1n) is 6.67. The molecule has 0 saturated heterocycles. The van der Waals surface area contributed by atoms with E-state index in [1.54, 1.807) is 16.7 Å². The van der Waals surface area contributed by atoms with Crippen LogP contribution in [0.5, 0.6) is 0 Å². The van der Waals surface area contributed by atoms with Gasteiger partial charge in [-0.15, -0.1) is 11.8 Å². The minimum absolute atomic E-state index is 0.0777. The minimum atomic E-state index is -0.0777. The third-order valence-electron chi connectivity index (χ3n) is 3.04. The highest BCUT2D eigenvalue weighted by Crippen LogP contribution is 2.24. The van der Waals surface area contributed by atoms with E-state index in [1.807, 2.05) is 74.6 Å². The van der Waals surface area contributed by atoms with E-state index in [-0.39, 0.29) is 11.2 Å². The highest BCUT2D eigenvalue weighted by atomic mass is 32.2. The van der Waals surface area contributed by atoms with Crippen LogP contribution in [0.15, 0.2) is 65.6 Å². The molecule has 2 rings (SSSR count). The van der Waals surface area contributed by atoms with Gasteiger partial charge in [-0.1, -0.05) is 48.5 Å². The molecule has 2 nitrogen and oxygen atoms in total. The van der Waals surface area contributed by atoms with Crippen molar-refractivity contribution in [3.05, 3.63) is 66.2 Å². The molecule has 0 spiro atoms. The Balaban J connectivity index is 1.93. The molecule has 1 unspecified atom stereocenters. The molecule has 104 valence electrons. The number of amides is 1. The molecule has 0 aliphatic rings. The van der Waals surface area contributed by atoms with Gasteiger partial charge in [-0.25, -0.2) is 0 Å². The Morgan fingerprint density at radius 3 is 2.20 bits per heavy atom. The first-order chi connectivity index (χ1) is 9.66. The molecule has 2 aromatic carbocycles. The van der Waals surface area contributed by atoms with E-state index in [4.69, 9.17) is 0 Å². The van der Waals surface area contributed by atoms with Crippen molar-refractivity contribution in [2.24, 2.45) is 0 Å². The van der Waals surface area contributed by atoms with Gasteiger partial charge in [-0.3, -0.25) is 4.79 Å². The lowest BCUT2D eigenvalue weighted by Gasteiger charge is -2.21. The second-order valence-corrected chi connectivity index (χ2v) is 6.17. The molecule has 0 fully saturated rings. The molecule has 0 radical (unpaired) electrons. The smallest absolute Gasteiger partial charge is 0.235 e. The number of rotatable bonds is 5. The van der Waals surface area contributed by atoms with Gasteiger partial charge in [0.2, 0.25) is 5.91 Å². The Labute approximate surface area is 124 Å². The van der Waals surface area contributed by atoms with Gasteiger partial charge < -0.3 is 4.90 Å². The van der Waals surface area contributed by atoms with Gasteiger partial charge in [-0.2, -0.15) is 0 Å². The van der Waals surface area contributed by atoms with E-state index in [1.165, 1.54) is 0 Å². The zero-order valence-corrected chi connectivity index (χ0v) is 12.6. The van der Waals surface area contributed by atoms with Crippen LogP contribution in [0.3, 0.4) is 0 Å². The fourth-order valence-corrected chi connectivity index (χ4v) is 3.00. The van der Waals surface area contributed by atoms with Crippen LogP contribution in [0.25, 0.3) is 0 Å². The quantitative estimate of drug-likeness (QED) is 0.778. The Bertz CT molecular complexity index is 492. The van der Waals surface area contributed by atoms with Crippen LogP contribution in [-0.2, 0) is 11.3 Å². The van der Waals surface area contributed by atoms with E-state index in [0.717, 1.165) is 10.5 Å². The summed E-state index contributed by atoms with van der Waals surface area (Å²) in [7, 11) is 1.86. The van der Waals surface area contributed by atoms with Crippen LogP contribution in [-0.4, -0.2) is 23.1 Å². The first kappa shape index (κ1) is 14.7. The second-order valence-electron chi connectivity index (χ2n) is 4.75. The first-order valence-corrected chi connectivity index (χ1v) is 7.55. The highest BCUT2D eigenvalue weighted by molar-refractivity contribution is 8.00. The topological polar surface area (TPSA) is 20.3 Å². The zero-order valence-electron chi connectivity index (χ0n) is 11.8. The van der Waals surface area contributed by atoms with Gasteiger partial charge in [0, 0.05) is 18.5 Å². The van der Waals surface area contributed by atoms with Crippen LogP contribution < -0.4 is 0 Å². The number of thioether (sulfide) groups is 1. The van der Waals surface area contributed by atoms with Crippen molar-refractivity contribution in [3.63, 3.8) is 0 Å². The fourth-order valence-electron chi connectivity index (χ4n) is 2.00. The molecule has 2 aromatic rings. The van der Waals surface area contributed by atoms with Crippen molar-refractivity contribution in [2.45, 2.75) is 23.6 Å². The molecule has 0 N–H and O–H groups in total. The summed E-state index contributed by atoms with van der Waals surface area (Å²) in [4.78, 5) is 15.3. The van der Waals surface area contributed by atoms with E-state index >= 15 is 0 Å². The summed E-state index contributed by atoms with van der Waals surface area (Å²) in [5, 5.41) is -0.0777. The van der Waals surface area contributed by atoms with Gasteiger partial charge in [-0.05, 0) is 24.6 Å². The Morgan fingerprint density at radius 2 is 1.60 bits per heavy atom. The lowest BCUT2D eigenvalue weighted by Crippen LogP contribution is -2.32. The summed E-state index contributed by atoms with van der Waals surface area (Å²) < 4.78 is 0. The molecule has 1 amide bonds. The molecule has 0 saturated carbocycles. The molecule has 3 heteroatoms. The summed E-state index contributed by atoms with van der Waals surface area (Å²) in [6.45, 7) is 2.61. The van der Waals surface area contributed by atoms with Crippen molar-refractivity contribution >= 4 is 17.7 Å². The summed E-state index contributed by atoms with van der Waals surface area (Å²) >= 11 is 1.60. The Morgan fingerprint density at radius 1 is 1.05 bits per heavy atom. The van der Waals surface area contributed by atoms with Crippen LogP contribution >= 0.6 is 11.8 Å². The standard InChI is InChI=1S/C17H19NOS/c1-14(20-16-11-7-4-8-12-16)17(19)18(2)13-15-9-5-3-6-10-15/h3-12,14H,13H2,1-2H3. The Hall–Kier alpha value is -1.74. The van der Waals surface area contributed by atoms with Gasteiger partial charge in [0.15, 0.2) is 0 Å². The van der Waals surface area contributed by atoms with Crippen molar-refractivity contribution < 1.29 is 4.79 Å². The summed E-state index contributed by atoms with van der Waals surface area (Å²) in [6.07, 6.45) is 0. The minimum Gasteiger partial charge on any atom is -0.340 e. The van der Waals surface area contributed by atoms with Crippen LogP contribution in [0.1, 0.15) is 12.5 Å². The van der Waals surface area contributed by atoms with E-state index in [2.05, 4.69) is 0 Å². The predicted octanol–water partition coefficient (Wildman–Crippen LogP) is 3.83. The highest BCUT2D eigenvalue weighted by Gasteiger charge is 2.18. The van der Waals surface area contributed by atoms with Gasteiger partial charge in [0.25, 0.3) is 0 Å². The molecule has 1 atom stereocenters. The monoisotopic (exact) mass is 285 g/mol. The molecule has 0 heterocycles. The van der Waals surface area contributed by atoms with E-state index in [0.29, 0.717) is 6.54 Å². The lowest BCUT2D eigenvalue weighted by molar-refractivity contribution is -0.129. The molecule has 0 aliphatic carbocycles. The maximum absolute atomic E-state index is 12.4. The zero-order chi connectivity index (χ0) is 14.4. The van der Waals surface area contributed by atoms with Crippen molar-refractivity contribution in [2.75, 3.05) is 7.05 Å². The van der Waals surface area contributed by atoms with Crippen LogP contribution in [0, 0.1) is 0 Å². The van der Waals surface area contributed by atoms with E-state index < -0.39 is 0 Å². The van der Waals surface area contributed by atoms with Crippen molar-refractivity contribution in [1.82, 2.24) is 4.90 Å². The number of carbonyl (C=O) groups excluding carboxylic acids is 1. The molecule has 0 bridgehead atoms. The summed E-state index contributed by atoms with van der Waals surface area (Å²) in [5.74, 6) is 0.155. The van der Waals surface area contributed by atoms with Crippen LogP contribution in [0.2, 0.25) is 0 Å². The fraction of sp³-hybridized carbons (Fsp3) is 0.235. The average molecular weight is 285 g/mol. The summed E-state index contributed by atoms with van der Waals surface area (Å²) in [6, 6.07) is 20.1. The normalized spacial score (nSPS) is 11.9. The van der Waals surface area contributed by atoms with Crippen molar-refractivity contribution in [3.8, 4) is 0 Å². The maximum Gasteiger partial charge on any atom is 0.235 e. The van der Waals surface area contributed by atoms with Gasteiger partial charge in [0.1, 0.15) is 0 Å². The lowest BCUT2D eigenvalue weighted by atomic mass is 10.2. The Kier molecular flexibility index (Phi) is 5.24. The number of carbonyl (C=O) groups is 1. The van der Waals surface area contributed by atoms with Crippen molar-refractivity contribution in [1.29, 1.82) is 0 Å². The number of nitrogens with zero attached hydrogens (tertiary/aromatic N) is 1.